The van der Waals surface area contributed by atoms with Crippen LogP contribution in [0, 0.1) is 0 Å². The molecule has 0 fully saturated rings. The smallest absolute Gasteiger partial charge is 0.213 e. The summed E-state index contributed by atoms with van der Waals surface area (Å²) in [5.41, 5.74) is 6.97. The van der Waals surface area contributed by atoms with Crippen LogP contribution in [-0.2, 0) is 0 Å². The lowest BCUT2D eigenvalue weighted by Gasteiger charge is -2.17. The van der Waals surface area contributed by atoms with Gasteiger partial charge in [0, 0.05) is 58.4 Å². The van der Waals surface area contributed by atoms with Crippen LogP contribution in [0.5, 0.6) is 0 Å². The second-order valence-electron chi connectivity index (χ2n) is 13.4. The summed E-state index contributed by atoms with van der Waals surface area (Å²) in [5, 5.41) is 14.6. The summed E-state index contributed by atoms with van der Waals surface area (Å²) in [7, 11) is 0. The molecule has 0 aliphatic heterocycles. The number of hydrogen-bond donors (Lipinski definition) is 0. The Kier molecular flexibility index (Phi) is 5.38. The Hall–Kier alpha value is -6.49. The predicted molar refractivity (Wildman–Crippen MR) is 217 cm³/mol. The van der Waals surface area contributed by atoms with E-state index in [4.69, 9.17) is 9.40 Å². The van der Waals surface area contributed by atoms with E-state index in [0.29, 0.717) is 0 Å². The van der Waals surface area contributed by atoms with Gasteiger partial charge in [0.05, 0.1) is 22.1 Å². The Morgan fingerprint density at radius 1 is 0.451 bits per heavy atom. The van der Waals surface area contributed by atoms with E-state index in [-0.39, 0.29) is 0 Å². The fourth-order valence-electron chi connectivity index (χ4n) is 8.59. The van der Waals surface area contributed by atoms with Gasteiger partial charge in [-0.15, -0.1) is 11.3 Å². The van der Waals surface area contributed by atoms with Gasteiger partial charge in [-0.1, -0.05) is 115 Å². The number of aromatic nitrogens is 2. The molecule has 4 aromatic heterocycles. The van der Waals surface area contributed by atoms with E-state index in [1.807, 2.05) is 17.4 Å². The molecule has 8 aromatic carbocycles. The number of thiophene rings is 1. The summed E-state index contributed by atoms with van der Waals surface area (Å²) in [6, 6.07) is 56.8. The van der Waals surface area contributed by atoms with Crippen LogP contribution in [0.2, 0.25) is 0 Å². The number of furan rings is 1. The minimum atomic E-state index is 0.859. The molecule has 0 amide bonds. The number of hydrogen-bond acceptors (Lipinski definition) is 3. The van der Waals surface area contributed by atoms with Gasteiger partial charge in [0.2, 0.25) is 5.71 Å². The van der Waals surface area contributed by atoms with Crippen LogP contribution in [-0.4, -0.2) is 9.55 Å². The zero-order valence-corrected chi connectivity index (χ0v) is 28.0. The first-order valence-electron chi connectivity index (χ1n) is 17.3. The van der Waals surface area contributed by atoms with E-state index in [0.717, 1.165) is 50.0 Å². The fraction of sp³-hybridized carbons (Fsp3) is 0. The molecule has 0 saturated carbocycles. The summed E-state index contributed by atoms with van der Waals surface area (Å²) in [6.07, 6.45) is 0. The van der Waals surface area contributed by atoms with Crippen LogP contribution in [0.3, 0.4) is 0 Å². The molecule has 12 aromatic rings. The molecule has 0 saturated heterocycles. The maximum atomic E-state index is 6.74. The van der Waals surface area contributed by atoms with Gasteiger partial charge in [0.25, 0.3) is 0 Å². The van der Waals surface area contributed by atoms with Crippen molar-refractivity contribution in [3.8, 4) is 16.9 Å². The SMILES string of the molecule is c1cc(-c2nc3ccccc3c3c4ccccc4c4ccccc4c23)cc(-n2c3cc4c(cc3c3c5ccccc5oc32)sc2ccccc24)c1. The Morgan fingerprint density at radius 2 is 1.12 bits per heavy atom. The van der Waals surface area contributed by atoms with Crippen LogP contribution in [0.4, 0.5) is 0 Å². The lowest BCUT2D eigenvalue weighted by molar-refractivity contribution is 0.645. The first-order chi connectivity index (χ1) is 25.3. The average molecular weight is 667 g/mol. The molecule has 4 heteroatoms. The van der Waals surface area contributed by atoms with E-state index < -0.39 is 0 Å². The zero-order chi connectivity index (χ0) is 33.2. The third kappa shape index (κ3) is 3.69. The van der Waals surface area contributed by atoms with Crippen molar-refractivity contribution >= 4 is 108 Å². The first-order valence-corrected chi connectivity index (χ1v) is 18.1. The highest BCUT2D eigenvalue weighted by atomic mass is 32.1. The van der Waals surface area contributed by atoms with Crippen molar-refractivity contribution in [2.45, 2.75) is 0 Å². The first kappa shape index (κ1) is 27.3. The number of benzene rings is 8. The largest absolute Gasteiger partial charge is 0.439 e. The second-order valence-corrected chi connectivity index (χ2v) is 14.5. The Bertz CT molecular complexity index is 3440. The molecular weight excluding hydrogens is 641 g/mol. The van der Waals surface area contributed by atoms with Gasteiger partial charge in [-0.3, -0.25) is 4.57 Å². The van der Waals surface area contributed by atoms with E-state index in [2.05, 4.69) is 156 Å². The summed E-state index contributed by atoms with van der Waals surface area (Å²) in [5.74, 6) is 0. The van der Waals surface area contributed by atoms with E-state index in [1.165, 1.54) is 63.3 Å². The highest BCUT2D eigenvalue weighted by Crippen LogP contribution is 2.46. The molecule has 51 heavy (non-hydrogen) atoms. The molecule has 0 aliphatic carbocycles. The van der Waals surface area contributed by atoms with Crippen molar-refractivity contribution in [3.63, 3.8) is 0 Å². The van der Waals surface area contributed by atoms with Crippen molar-refractivity contribution in [2.75, 3.05) is 0 Å². The van der Waals surface area contributed by atoms with Gasteiger partial charge in [0.1, 0.15) is 5.58 Å². The molecule has 0 bridgehead atoms. The molecule has 0 aliphatic rings. The third-order valence-electron chi connectivity index (χ3n) is 10.7. The number of pyridine rings is 1. The molecule has 0 radical (unpaired) electrons. The van der Waals surface area contributed by atoms with Crippen LogP contribution in [0.1, 0.15) is 0 Å². The number of rotatable bonds is 2. The molecule has 0 N–H and O–H groups in total. The molecular formula is C47H26N2OS. The monoisotopic (exact) mass is 666 g/mol. The quantitative estimate of drug-likeness (QED) is 0.172. The van der Waals surface area contributed by atoms with E-state index in [1.54, 1.807) is 0 Å². The standard InChI is InChI=1S/C47H26N2OS/c1-3-17-32-29(14-1)30-15-2-4-18-33(30)45-43(32)34-19-5-8-21-38(34)48-46(45)27-12-11-13-28(24-27)49-39-25-36-31-16-7-10-23-41(31)51-42(36)26-37(39)44-35-20-6-9-22-40(35)50-47(44)49/h1-26H. The van der Waals surface area contributed by atoms with Gasteiger partial charge >= 0.3 is 0 Å². The molecule has 0 atom stereocenters. The molecule has 4 heterocycles. The van der Waals surface area contributed by atoms with Crippen LogP contribution < -0.4 is 0 Å². The number of nitrogens with zero attached hydrogens (tertiary/aromatic N) is 2. The van der Waals surface area contributed by atoms with Gasteiger partial charge in [-0.05, 0) is 64.0 Å². The maximum Gasteiger partial charge on any atom is 0.213 e. The van der Waals surface area contributed by atoms with Gasteiger partial charge in [-0.25, -0.2) is 4.98 Å². The van der Waals surface area contributed by atoms with Gasteiger partial charge in [0.15, 0.2) is 0 Å². The topological polar surface area (TPSA) is 31.0 Å². The normalized spacial score (nSPS) is 12.3. The van der Waals surface area contributed by atoms with Crippen molar-refractivity contribution in [2.24, 2.45) is 0 Å². The molecule has 0 unspecified atom stereocenters. The van der Waals surface area contributed by atoms with Crippen LogP contribution in [0.15, 0.2) is 162 Å². The molecule has 0 spiro atoms. The predicted octanol–water partition coefficient (Wildman–Crippen LogP) is 13.6. The Morgan fingerprint density at radius 3 is 1.94 bits per heavy atom. The van der Waals surface area contributed by atoms with Crippen molar-refractivity contribution in [1.29, 1.82) is 0 Å². The lowest BCUT2D eigenvalue weighted by atomic mass is 9.90. The van der Waals surface area contributed by atoms with Gasteiger partial charge in [-0.2, -0.15) is 0 Å². The summed E-state index contributed by atoms with van der Waals surface area (Å²) >= 11 is 1.85. The molecule has 12 rings (SSSR count). The lowest BCUT2D eigenvalue weighted by Crippen LogP contribution is -1.96. The molecule has 236 valence electrons. The van der Waals surface area contributed by atoms with Crippen molar-refractivity contribution in [3.05, 3.63) is 158 Å². The third-order valence-corrected chi connectivity index (χ3v) is 11.9. The average Bonchev–Trinajstić information content (AvgIpc) is 3.85. The van der Waals surface area contributed by atoms with E-state index in [9.17, 15) is 0 Å². The number of para-hydroxylation sites is 2. The van der Waals surface area contributed by atoms with Crippen molar-refractivity contribution in [1.82, 2.24) is 9.55 Å². The second kappa shape index (κ2) is 10.0. The summed E-state index contributed by atoms with van der Waals surface area (Å²) < 4.78 is 11.6. The Labute approximate surface area is 295 Å². The zero-order valence-electron chi connectivity index (χ0n) is 27.2. The summed E-state index contributed by atoms with van der Waals surface area (Å²) in [6.45, 7) is 0. The maximum absolute atomic E-state index is 6.74. The highest BCUT2D eigenvalue weighted by Gasteiger charge is 2.22. The van der Waals surface area contributed by atoms with E-state index >= 15 is 0 Å². The van der Waals surface area contributed by atoms with Crippen LogP contribution >= 0.6 is 11.3 Å². The Balaban J connectivity index is 1.21. The van der Waals surface area contributed by atoms with Crippen molar-refractivity contribution < 1.29 is 4.42 Å². The number of fused-ring (bicyclic) bond motifs is 16. The van der Waals surface area contributed by atoms with Crippen LogP contribution in [0.25, 0.3) is 113 Å². The highest BCUT2D eigenvalue weighted by molar-refractivity contribution is 7.25. The minimum Gasteiger partial charge on any atom is -0.439 e. The summed E-state index contributed by atoms with van der Waals surface area (Å²) in [4.78, 5) is 5.45. The fourth-order valence-corrected chi connectivity index (χ4v) is 9.72. The van der Waals surface area contributed by atoms with Gasteiger partial charge < -0.3 is 4.42 Å². The molecule has 3 nitrogen and oxygen atoms in total. The minimum absolute atomic E-state index is 0.859.